The number of piperidine rings is 1. The topological polar surface area (TPSA) is 155 Å². The molecule has 2 N–H and O–H groups in total. The van der Waals surface area contributed by atoms with E-state index in [2.05, 4.69) is 21.0 Å². The number of methoxy groups -OCH3 is 2. The van der Waals surface area contributed by atoms with E-state index in [1.165, 1.54) is 20.4 Å². The summed E-state index contributed by atoms with van der Waals surface area (Å²) in [6.45, 7) is 2.43. The summed E-state index contributed by atoms with van der Waals surface area (Å²) in [6, 6.07) is 0. The van der Waals surface area contributed by atoms with Crippen LogP contribution in [0.3, 0.4) is 0 Å². The van der Waals surface area contributed by atoms with Crippen molar-refractivity contribution in [2.24, 2.45) is 16.2 Å². The van der Waals surface area contributed by atoms with Crippen molar-refractivity contribution in [2.75, 3.05) is 34.2 Å². The van der Waals surface area contributed by atoms with E-state index in [-0.39, 0.29) is 37.9 Å². The Bertz CT molecular complexity index is 1100. The Morgan fingerprint density at radius 3 is 2.72 bits per heavy atom. The number of nitrogens with zero attached hydrogens (tertiary/aromatic N) is 2. The van der Waals surface area contributed by atoms with Crippen LogP contribution in [0.15, 0.2) is 10.3 Å². The van der Waals surface area contributed by atoms with Gasteiger partial charge in [0.05, 0.1) is 27.0 Å². The average Bonchev–Trinajstić information content (AvgIpc) is 3.55. The van der Waals surface area contributed by atoms with E-state index in [1.807, 2.05) is 0 Å². The van der Waals surface area contributed by atoms with Gasteiger partial charge in [-0.25, -0.2) is 10.2 Å². The van der Waals surface area contributed by atoms with Gasteiger partial charge in [-0.15, -0.1) is 0 Å². The SMILES string of the molecule is CCOC(=O)C1=NOC(Cc2c(/C=N/NC(=O)C3CCCNC3=O)c3c(c(OC)c2OC)OCO3)C1. The van der Waals surface area contributed by atoms with Gasteiger partial charge in [0.1, 0.15) is 12.0 Å². The van der Waals surface area contributed by atoms with E-state index >= 15 is 0 Å². The molecule has 1 fully saturated rings. The normalized spacial score (nSPS) is 20.4. The summed E-state index contributed by atoms with van der Waals surface area (Å²) in [5, 5.41) is 10.6. The Hall–Kier alpha value is -4.03. The zero-order valence-electron chi connectivity index (χ0n) is 20.3. The molecule has 0 bridgehead atoms. The lowest BCUT2D eigenvalue weighted by Crippen LogP contribution is -2.43. The Labute approximate surface area is 207 Å². The number of carbonyl (C=O) groups is 3. The minimum absolute atomic E-state index is 0.0518. The lowest BCUT2D eigenvalue weighted by Gasteiger charge is -2.20. The first-order valence-corrected chi connectivity index (χ1v) is 11.5. The predicted octanol–water partition coefficient (Wildman–Crippen LogP) is 0.659. The molecule has 36 heavy (non-hydrogen) atoms. The molecule has 0 aromatic heterocycles. The fourth-order valence-electron chi connectivity index (χ4n) is 4.25. The number of hydrazone groups is 1. The number of amides is 2. The largest absolute Gasteiger partial charge is 0.492 e. The maximum Gasteiger partial charge on any atom is 0.356 e. The summed E-state index contributed by atoms with van der Waals surface area (Å²) in [4.78, 5) is 42.0. The lowest BCUT2D eigenvalue weighted by atomic mass is 9.96. The maximum absolute atomic E-state index is 12.5. The molecule has 0 saturated carbocycles. The third-order valence-corrected chi connectivity index (χ3v) is 5.92. The van der Waals surface area contributed by atoms with Gasteiger partial charge < -0.3 is 33.8 Å². The van der Waals surface area contributed by atoms with Gasteiger partial charge >= 0.3 is 5.97 Å². The number of carbonyl (C=O) groups excluding carboxylic acids is 3. The van der Waals surface area contributed by atoms with Crippen LogP contribution < -0.4 is 29.7 Å². The smallest absolute Gasteiger partial charge is 0.356 e. The molecule has 2 amide bonds. The summed E-state index contributed by atoms with van der Waals surface area (Å²) in [5.74, 6) is -0.823. The molecule has 1 saturated heterocycles. The van der Waals surface area contributed by atoms with E-state index in [4.69, 9.17) is 28.5 Å². The van der Waals surface area contributed by atoms with Crippen molar-refractivity contribution in [3.63, 3.8) is 0 Å². The summed E-state index contributed by atoms with van der Waals surface area (Å²) >= 11 is 0. The summed E-state index contributed by atoms with van der Waals surface area (Å²) < 4.78 is 27.5. The van der Waals surface area contributed by atoms with E-state index in [0.717, 1.165) is 0 Å². The molecule has 13 heteroatoms. The van der Waals surface area contributed by atoms with Crippen LogP contribution in [-0.4, -0.2) is 70.0 Å². The molecule has 3 aliphatic rings. The summed E-state index contributed by atoms with van der Waals surface area (Å²) in [7, 11) is 2.95. The van der Waals surface area contributed by atoms with Crippen LogP contribution in [0.5, 0.6) is 23.0 Å². The fraction of sp³-hybridized carbons (Fsp3) is 0.522. The molecule has 0 spiro atoms. The number of fused-ring (bicyclic) bond motifs is 1. The Morgan fingerprint density at radius 2 is 2.00 bits per heavy atom. The third kappa shape index (κ3) is 4.99. The van der Waals surface area contributed by atoms with E-state index in [0.29, 0.717) is 53.5 Å². The Kier molecular flexibility index (Phi) is 7.76. The van der Waals surface area contributed by atoms with Crippen LogP contribution in [0.4, 0.5) is 0 Å². The quantitative estimate of drug-likeness (QED) is 0.213. The van der Waals surface area contributed by atoms with Crippen LogP contribution in [-0.2, 0) is 30.4 Å². The molecule has 3 heterocycles. The Balaban J connectivity index is 1.61. The van der Waals surface area contributed by atoms with Crippen molar-refractivity contribution < 1.29 is 42.9 Å². The van der Waals surface area contributed by atoms with Crippen LogP contribution >= 0.6 is 0 Å². The van der Waals surface area contributed by atoms with E-state index < -0.39 is 23.9 Å². The highest BCUT2D eigenvalue weighted by Crippen LogP contribution is 2.52. The van der Waals surface area contributed by atoms with Crippen LogP contribution in [0.25, 0.3) is 0 Å². The van der Waals surface area contributed by atoms with Crippen molar-refractivity contribution in [2.45, 2.75) is 38.7 Å². The zero-order chi connectivity index (χ0) is 25.7. The third-order valence-electron chi connectivity index (χ3n) is 5.92. The number of hydrogen-bond donors (Lipinski definition) is 2. The standard InChI is InChI=1S/C23H28N4O9/c1-4-33-23(30)16-9-12(36-27-16)8-14-15(10-25-26-22(29)13-6-5-7-24-21(13)28)18-20(35-11-34-18)19(32-3)17(14)31-2/h10,12-13H,4-9,11H2,1-3H3,(H,24,28)(H,26,29)/b25-10+. The number of benzene rings is 1. The highest BCUT2D eigenvalue weighted by Gasteiger charge is 2.35. The van der Waals surface area contributed by atoms with Crippen molar-refractivity contribution >= 4 is 29.7 Å². The van der Waals surface area contributed by atoms with Gasteiger partial charge in [0.25, 0.3) is 5.91 Å². The second-order valence-electron chi connectivity index (χ2n) is 8.14. The fourth-order valence-corrected chi connectivity index (χ4v) is 4.25. The minimum atomic E-state index is -0.809. The first-order valence-electron chi connectivity index (χ1n) is 11.5. The molecule has 3 aliphatic heterocycles. The molecule has 13 nitrogen and oxygen atoms in total. The molecule has 194 valence electrons. The van der Waals surface area contributed by atoms with Crippen molar-refractivity contribution in [1.29, 1.82) is 0 Å². The van der Waals surface area contributed by atoms with Crippen molar-refractivity contribution in [3.05, 3.63) is 11.1 Å². The number of rotatable bonds is 9. The molecule has 2 atom stereocenters. The minimum Gasteiger partial charge on any atom is -0.492 e. The van der Waals surface area contributed by atoms with Gasteiger partial charge in [0.2, 0.25) is 24.2 Å². The molecular formula is C23H28N4O9. The van der Waals surface area contributed by atoms with Gasteiger partial charge in [-0.2, -0.15) is 5.10 Å². The van der Waals surface area contributed by atoms with Crippen molar-refractivity contribution in [1.82, 2.24) is 10.7 Å². The van der Waals surface area contributed by atoms with Crippen LogP contribution in [0, 0.1) is 5.92 Å². The first kappa shape index (κ1) is 25.1. The predicted molar refractivity (Wildman–Crippen MR) is 124 cm³/mol. The number of esters is 1. The lowest BCUT2D eigenvalue weighted by molar-refractivity contribution is -0.137. The van der Waals surface area contributed by atoms with E-state index in [9.17, 15) is 14.4 Å². The molecule has 4 rings (SSSR count). The van der Waals surface area contributed by atoms with Crippen LogP contribution in [0.1, 0.15) is 37.3 Å². The van der Waals surface area contributed by atoms with Crippen molar-refractivity contribution in [3.8, 4) is 23.0 Å². The van der Waals surface area contributed by atoms with Gasteiger partial charge in [-0.1, -0.05) is 5.16 Å². The number of hydrogen-bond acceptors (Lipinski definition) is 11. The average molecular weight is 504 g/mol. The zero-order valence-corrected chi connectivity index (χ0v) is 20.3. The maximum atomic E-state index is 12.5. The second-order valence-corrected chi connectivity index (χ2v) is 8.14. The highest BCUT2D eigenvalue weighted by molar-refractivity contribution is 6.36. The van der Waals surface area contributed by atoms with Crippen LogP contribution in [0.2, 0.25) is 0 Å². The van der Waals surface area contributed by atoms with Gasteiger partial charge in [0, 0.05) is 30.5 Å². The molecule has 0 radical (unpaired) electrons. The number of ether oxygens (including phenoxy) is 5. The van der Waals surface area contributed by atoms with E-state index in [1.54, 1.807) is 6.92 Å². The van der Waals surface area contributed by atoms with Gasteiger partial charge in [-0.05, 0) is 19.8 Å². The van der Waals surface area contributed by atoms with Gasteiger partial charge in [-0.3, -0.25) is 9.59 Å². The Morgan fingerprint density at radius 1 is 1.22 bits per heavy atom. The highest BCUT2D eigenvalue weighted by atomic mass is 16.7. The monoisotopic (exact) mass is 504 g/mol. The first-order chi connectivity index (χ1) is 17.5. The molecule has 2 unspecified atom stereocenters. The van der Waals surface area contributed by atoms with Gasteiger partial charge in [0.15, 0.2) is 17.2 Å². The molecule has 0 aliphatic carbocycles. The summed E-state index contributed by atoms with van der Waals surface area (Å²) in [5.41, 5.74) is 3.65. The molecule has 1 aromatic carbocycles. The number of oxime groups is 1. The molecule has 1 aromatic rings. The second kappa shape index (κ2) is 11.1. The molecular weight excluding hydrogens is 476 g/mol. The summed E-state index contributed by atoms with van der Waals surface area (Å²) in [6.07, 6.45) is 2.51. The number of nitrogens with one attached hydrogen (secondary N) is 2.